The Kier molecular flexibility index (Phi) is 2.17. The number of nitrogens with zero attached hydrogens (tertiary/aromatic N) is 1. The summed E-state index contributed by atoms with van der Waals surface area (Å²) in [6, 6.07) is 0. The van der Waals surface area contributed by atoms with Crippen LogP contribution >= 0.6 is 0 Å². The molecule has 1 aliphatic rings. The van der Waals surface area contributed by atoms with E-state index in [1.165, 1.54) is 6.26 Å². The Balaban J connectivity index is 2.90. The molecule has 0 aliphatic heterocycles. The van der Waals surface area contributed by atoms with Gasteiger partial charge in [-0.05, 0) is 19.3 Å². The predicted octanol–water partition coefficient (Wildman–Crippen LogP) is -0.102. The molecule has 0 bridgehead atoms. The highest BCUT2D eigenvalue weighted by Gasteiger charge is 2.30. The van der Waals surface area contributed by atoms with Crippen molar-refractivity contribution in [2.24, 2.45) is 10.9 Å². The topological polar surface area (TPSA) is 72.5 Å². The first-order chi connectivity index (χ1) is 5.05. The summed E-state index contributed by atoms with van der Waals surface area (Å²) in [5.41, 5.74) is 0.632. The smallest absolute Gasteiger partial charge is 0.155 e. The lowest BCUT2D eigenvalue weighted by Crippen LogP contribution is -2.25. The zero-order valence-electron chi connectivity index (χ0n) is 6.45. The van der Waals surface area contributed by atoms with Crippen LogP contribution in [0.1, 0.15) is 19.3 Å². The molecule has 11 heavy (non-hydrogen) atoms. The van der Waals surface area contributed by atoms with Crippen LogP contribution in [0.15, 0.2) is 5.10 Å². The molecule has 0 saturated heterocycles. The minimum atomic E-state index is -2.97. The van der Waals surface area contributed by atoms with Gasteiger partial charge in [-0.2, -0.15) is 5.10 Å². The van der Waals surface area contributed by atoms with Crippen LogP contribution < -0.4 is 5.84 Å². The molecule has 1 atom stereocenters. The van der Waals surface area contributed by atoms with Crippen LogP contribution in [-0.4, -0.2) is 25.6 Å². The normalized spacial score (nSPS) is 29.5. The Labute approximate surface area is 66.4 Å². The van der Waals surface area contributed by atoms with Gasteiger partial charge in [0.1, 0.15) is 5.25 Å². The molecule has 1 saturated carbocycles. The molecule has 1 rings (SSSR count). The summed E-state index contributed by atoms with van der Waals surface area (Å²) in [6.45, 7) is 0. The van der Waals surface area contributed by atoms with Crippen molar-refractivity contribution in [2.75, 3.05) is 6.26 Å². The highest BCUT2D eigenvalue weighted by molar-refractivity contribution is 7.92. The van der Waals surface area contributed by atoms with E-state index in [2.05, 4.69) is 5.10 Å². The molecule has 0 aromatic rings. The Morgan fingerprint density at radius 1 is 1.64 bits per heavy atom. The summed E-state index contributed by atoms with van der Waals surface area (Å²) in [5, 5.41) is 3.06. The molecule has 2 N–H and O–H groups in total. The standard InChI is InChI=1S/C6H12N2O2S/c1-11(9,10)6-4-2-3-5(6)8-7/h6H,2-4,7H2,1H3/b8-5+. The van der Waals surface area contributed by atoms with Crippen molar-refractivity contribution >= 4 is 15.5 Å². The zero-order valence-corrected chi connectivity index (χ0v) is 7.26. The van der Waals surface area contributed by atoms with E-state index in [9.17, 15) is 8.42 Å². The van der Waals surface area contributed by atoms with E-state index < -0.39 is 15.1 Å². The van der Waals surface area contributed by atoms with E-state index >= 15 is 0 Å². The number of sulfone groups is 1. The number of hydrogen-bond acceptors (Lipinski definition) is 4. The van der Waals surface area contributed by atoms with Crippen molar-refractivity contribution in [2.45, 2.75) is 24.5 Å². The number of nitrogens with two attached hydrogens (primary N) is 1. The summed E-state index contributed by atoms with van der Waals surface area (Å²) >= 11 is 0. The van der Waals surface area contributed by atoms with Crippen molar-refractivity contribution in [1.82, 2.24) is 0 Å². The van der Waals surface area contributed by atoms with Gasteiger partial charge in [0.05, 0.1) is 5.71 Å². The molecule has 5 heteroatoms. The van der Waals surface area contributed by atoms with Gasteiger partial charge in [-0.15, -0.1) is 0 Å². The maximum atomic E-state index is 11.1. The molecule has 64 valence electrons. The Morgan fingerprint density at radius 2 is 2.27 bits per heavy atom. The molecule has 1 unspecified atom stereocenters. The number of hydrazone groups is 1. The molecule has 4 nitrogen and oxygen atoms in total. The lowest BCUT2D eigenvalue weighted by molar-refractivity contribution is 0.595. The summed E-state index contributed by atoms with van der Waals surface area (Å²) in [6.07, 6.45) is 3.52. The summed E-state index contributed by atoms with van der Waals surface area (Å²) < 4.78 is 22.1. The Hall–Kier alpha value is -0.580. The molecule has 1 fully saturated rings. The van der Waals surface area contributed by atoms with Crippen LogP contribution in [0, 0.1) is 0 Å². The highest BCUT2D eigenvalue weighted by atomic mass is 32.2. The van der Waals surface area contributed by atoms with Crippen LogP contribution in [0.4, 0.5) is 0 Å². The quantitative estimate of drug-likeness (QED) is 0.448. The van der Waals surface area contributed by atoms with Crippen LogP contribution in [0.2, 0.25) is 0 Å². The van der Waals surface area contributed by atoms with Crippen molar-refractivity contribution in [3.05, 3.63) is 0 Å². The minimum Gasteiger partial charge on any atom is -0.323 e. The third-order valence-electron chi connectivity index (χ3n) is 1.95. The molecular weight excluding hydrogens is 164 g/mol. The van der Waals surface area contributed by atoms with Gasteiger partial charge in [-0.25, -0.2) is 8.42 Å². The first-order valence-corrected chi connectivity index (χ1v) is 5.46. The molecule has 0 amide bonds. The van der Waals surface area contributed by atoms with Crippen LogP contribution in [0.3, 0.4) is 0 Å². The minimum absolute atomic E-state index is 0.410. The highest BCUT2D eigenvalue weighted by Crippen LogP contribution is 2.21. The fraction of sp³-hybridized carbons (Fsp3) is 0.833. The summed E-state index contributed by atoms with van der Waals surface area (Å²) in [4.78, 5) is 0. The third kappa shape index (κ3) is 1.71. The van der Waals surface area contributed by atoms with Crippen molar-refractivity contribution in [1.29, 1.82) is 0 Å². The predicted molar refractivity (Wildman–Crippen MR) is 44.1 cm³/mol. The van der Waals surface area contributed by atoms with Gasteiger partial charge >= 0.3 is 0 Å². The molecule has 0 aromatic carbocycles. The fourth-order valence-corrected chi connectivity index (χ4v) is 2.67. The second-order valence-corrected chi connectivity index (χ2v) is 5.06. The Bertz CT molecular complexity index is 268. The van der Waals surface area contributed by atoms with Gasteiger partial charge in [0.15, 0.2) is 9.84 Å². The van der Waals surface area contributed by atoms with Gasteiger partial charge in [-0.3, -0.25) is 0 Å². The maximum Gasteiger partial charge on any atom is 0.155 e. The van der Waals surface area contributed by atoms with E-state index in [0.29, 0.717) is 12.1 Å². The van der Waals surface area contributed by atoms with Crippen molar-refractivity contribution in [3.63, 3.8) is 0 Å². The lowest BCUT2D eigenvalue weighted by Gasteiger charge is -2.05. The maximum absolute atomic E-state index is 11.1. The molecule has 0 aromatic heterocycles. The summed E-state index contributed by atoms with van der Waals surface area (Å²) in [7, 11) is -2.97. The molecule has 0 spiro atoms. The third-order valence-corrected chi connectivity index (χ3v) is 3.49. The van der Waals surface area contributed by atoms with Gasteiger partial charge in [0, 0.05) is 6.26 Å². The molecule has 0 radical (unpaired) electrons. The fourth-order valence-electron chi connectivity index (χ4n) is 1.41. The van der Waals surface area contributed by atoms with E-state index in [-0.39, 0.29) is 0 Å². The second-order valence-electron chi connectivity index (χ2n) is 2.83. The number of rotatable bonds is 1. The van der Waals surface area contributed by atoms with E-state index in [4.69, 9.17) is 5.84 Å². The van der Waals surface area contributed by atoms with Gasteiger partial charge in [-0.1, -0.05) is 0 Å². The monoisotopic (exact) mass is 176 g/mol. The zero-order chi connectivity index (χ0) is 8.48. The SMILES string of the molecule is CS(=O)(=O)C1CCC/C1=N\N. The Morgan fingerprint density at radius 3 is 2.64 bits per heavy atom. The second kappa shape index (κ2) is 2.81. The number of hydrogen-bond donors (Lipinski definition) is 1. The van der Waals surface area contributed by atoms with E-state index in [0.717, 1.165) is 12.8 Å². The van der Waals surface area contributed by atoms with Crippen LogP contribution in [-0.2, 0) is 9.84 Å². The van der Waals surface area contributed by atoms with E-state index in [1.807, 2.05) is 0 Å². The average molecular weight is 176 g/mol. The van der Waals surface area contributed by atoms with Crippen LogP contribution in [0.25, 0.3) is 0 Å². The largest absolute Gasteiger partial charge is 0.323 e. The van der Waals surface area contributed by atoms with Gasteiger partial charge in [0.2, 0.25) is 0 Å². The summed E-state index contributed by atoms with van der Waals surface area (Å²) in [5.74, 6) is 5.04. The lowest BCUT2D eigenvalue weighted by atomic mass is 10.3. The average Bonchev–Trinajstić information content (AvgIpc) is 2.31. The van der Waals surface area contributed by atoms with Crippen LogP contribution in [0.5, 0.6) is 0 Å². The molecular formula is C6H12N2O2S. The van der Waals surface area contributed by atoms with Gasteiger partial charge < -0.3 is 5.84 Å². The van der Waals surface area contributed by atoms with Crippen molar-refractivity contribution < 1.29 is 8.42 Å². The molecule has 1 aliphatic carbocycles. The molecule has 0 heterocycles. The first-order valence-electron chi connectivity index (χ1n) is 3.51. The van der Waals surface area contributed by atoms with Crippen molar-refractivity contribution in [3.8, 4) is 0 Å². The van der Waals surface area contributed by atoms with Gasteiger partial charge in [0.25, 0.3) is 0 Å². The van der Waals surface area contributed by atoms with E-state index in [1.54, 1.807) is 0 Å². The first kappa shape index (κ1) is 8.52.